The zero-order valence-electron chi connectivity index (χ0n) is 12.6. The summed E-state index contributed by atoms with van der Waals surface area (Å²) in [6, 6.07) is 1.05. The summed E-state index contributed by atoms with van der Waals surface area (Å²) in [4.78, 5) is 2.73. The Kier molecular flexibility index (Phi) is 5.08. The number of hydrogen-bond donors (Lipinski definition) is 1. The van der Waals surface area contributed by atoms with Gasteiger partial charge in [-0.05, 0) is 62.9 Å². The molecule has 0 aromatic carbocycles. The van der Waals surface area contributed by atoms with Crippen molar-refractivity contribution < 1.29 is 0 Å². The Morgan fingerprint density at radius 3 is 2.56 bits per heavy atom. The number of hydrogen-bond acceptors (Lipinski definition) is 2. The Hall–Kier alpha value is -0.0800. The molecule has 1 saturated carbocycles. The fraction of sp³-hybridized carbons (Fsp3) is 1.00. The number of rotatable bonds is 2. The van der Waals surface area contributed by atoms with E-state index in [0.717, 1.165) is 17.8 Å². The van der Waals surface area contributed by atoms with E-state index >= 15 is 0 Å². The molecule has 5 unspecified atom stereocenters. The Labute approximate surface area is 113 Å². The van der Waals surface area contributed by atoms with Gasteiger partial charge in [-0.1, -0.05) is 27.2 Å². The summed E-state index contributed by atoms with van der Waals surface area (Å²) in [7, 11) is 0. The molecule has 0 aromatic heterocycles. The minimum atomic E-state index is 0.405. The van der Waals surface area contributed by atoms with Crippen molar-refractivity contribution in [1.82, 2.24) is 4.90 Å². The van der Waals surface area contributed by atoms with Crippen LogP contribution in [0, 0.1) is 17.8 Å². The Bertz CT molecular complexity index is 241. The molecule has 2 rings (SSSR count). The van der Waals surface area contributed by atoms with E-state index < -0.39 is 0 Å². The molecule has 0 spiro atoms. The average Bonchev–Trinajstić information content (AvgIpc) is 2.53. The van der Waals surface area contributed by atoms with Crippen molar-refractivity contribution in [3.63, 3.8) is 0 Å². The van der Waals surface area contributed by atoms with Crippen LogP contribution in [0.5, 0.6) is 0 Å². The Balaban J connectivity index is 1.97. The molecule has 106 valence electrons. The van der Waals surface area contributed by atoms with Gasteiger partial charge in [0.25, 0.3) is 0 Å². The first-order valence-corrected chi connectivity index (χ1v) is 8.11. The predicted molar refractivity (Wildman–Crippen MR) is 78.5 cm³/mol. The topological polar surface area (TPSA) is 29.3 Å². The van der Waals surface area contributed by atoms with E-state index in [-0.39, 0.29) is 0 Å². The normalized spacial score (nSPS) is 43.7. The summed E-state index contributed by atoms with van der Waals surface area (Å²) < 4.78 is 0. The first-order chi connectivity index (χ1) is 8.61. The van der Waals surface area contributed by atoms with Gasteiger partial charge in [-0.25, -0.2) is 0 Å². The van der Waals surface area contributed by atoms with E-state index in [9.17, 15) is 0 Å². The van der Waals surface area contributed by atoms with Gasteiger partial charge in [0.2, 0.25) is 0 Å². The molecule has 2 nitrogen and oxygen atoms in total. The van der Waals surface area contributed by atoms with Crippen molar-refractivity contribution in [2.24, 2.45) is 23.5 Å². The Morgan fingerprint density at radius 1 is 1.11 bits per heavy atom. The number of likely N-dealkylation sites (tertiary alicyclic amines) is 1. The molecule has 0 radical (unpaired) electrons. The maximum absolute atomic E-state index is 6.47. The van der Waals surface area contributed by atoms with Gasteiger partial charge < -0.3 is 5.73 Å². The molecule has 2 fully saturated rings. The maximum Gasteiger partial charge on any atom is 0.0272 e. The highest BCUT2D eigenvalue weighted by molar-refractivity contribution is 4.93. The van der Waals surface area contributed by atoms with Crippen LogP contribution in [-0.2, 0) is 0 Å². The lowest BCUT2D eigenvalue weighted by molar-refractivity contribution is 0.0771. The first kappa shape index (κ1) is 14.3. The number of nitrogens with two attached hydrogens (primary N) is 1. The third-order valence-electron chi connectivity index (χ3n) is 5.35. The standard InChI is InChI=1S/C16H32N2/c1-4-14-6-5-8-18(9-7-14)16-13(3)10-12(2)11-15(16)17/h12-16H,4-11,17H2,1-3H3. The lowest BCUT2D eigenvalue weighted by Gasteiger charge is -2.44. The molecule has 0 amide bonds. The molecule has 1 saturated heterocycles. The second-order valence-corrected chi connectivity index (χ2v) is 6.95. The van der Waals surface area contributed by atoms with E-state index in [2.05, 4.69) is 25.7 Å². The van der Waals surface area contributed by atoms with Crippen LogP contribution >= 0.6 is 0 Å². The zero-order chi connectivity index (χ0) is 13.1. The van der Waals surface area contributed by atoms with E-state index in [1.807, 2.05) is 0 Å². The SMILES string of the molecule is CCC1CCCN(C2C(C)CC(C)CC2N)CC1. The monoisotopic (exact) mass is 252 g/mol. The van der Waals surface area contributed by atoms with E-state index in [1.54, 1.807) is 0 Å². The van der Waals surface area contributed by atoms with Gasteiger partial charge in [0.15, 0.2) is 0 Å². The van der Waals surface area contributed by atoms with Gasteiger partial charge in [-0.2, -0.15) is 0 Å². The van der Waals surface area contributed by atoms with Gasteiger partial charge >= 0.3 is 0 Å². The molecule has 2 heteroatoms. The van der Waals surface area contributed by atoms with Gasteiger partial charge in [-0.3, -0.25) is 4.90 Å². The number of nitrogens with zero attached hydrogens (tertiary/aromatic N) is 1. The molecule has 1 aliphatic heterocycles. The van der Waals surface area contributed by atoms with Crippen LogP contribution < -0.4 is 5.73 Å². The fourth-order valence-electron chi connectivity index (χ4n) is 4.42. The van der Waals surface area contributed by atoms with Gasteiger partial charge in [0.05, 0.1) is 0 Å². The van der Waals surface area contributed by atoms with Crippen LogP contribution in [0.3, 0.4) is 0 Å². The second kappa shape index (κ2) is 6.38. The van der Waals surface area contributed by atoms with Crippen LogP contribution in [0.4, 0.5) is 0 Å². The van der Waals surface area contributed by atoms with Crippen LogP contribution in [-0.4, -0.2) is 30.1 Å². The highest BCUT2D eigenvalue weighted by Crippen LogP contribution is 2.33. The maximum atomic E-state index is 6.47. The van der Waals surface area contributed by atoms with Crippen LogP contribution in [0.1, 0.15) is 59.3 Å². The van der Waals surface area contributed by atoms with Gasteiger partial charge in [0.1, 0.15) is 0 Å². The lowest BCUT2D eigenvalue weighted by atomic mass is 9.76. The molecular weight excluding hydrogens is 220 g/mol. The van der Waals surface area contributed by atoms with Crippen molar-refractivity contribution in [3.05, 3.63) is 0 Å². The summed E-state index contributed by atoms with van der Waals surface area (Å²) in [6.07, 6.45) is 8.15. The van der Waals surface area contributed by atoms with Crippen molar-refractivity contribution in [1.29, 1.82) is 0 Å². The van der Waals surface area contributed by atoms with Crippen molar-refractivity contribution >= 4 is 0 Å². The first-order valence-electron chi connectivity index (χ1n) is 8.11. The summed E-state index contributed by atoms with van der Waals surface area (Å²) >= 11 is 0. The third-order valence-corrected chi connectivity index (χ3v) is 5.35. The molecule has 0 aromatic rings. The van der Waals surface area contributed by atoms with E-state index in [4.69, 9.17) is 5.73 Å². The second-order valence-electron chi connectivity index (χ2n) is 6.95. The molecule has 1 heterocycles. The van der Waals surface area contributed by atoms with Crippen LogP contribution in [0.15, 0.2) is 0 Å². The Morgan fingerprint density at radius 2 is 1.89 bits per heavy atom. The molecule has 2 aliphatic rings. The van der Waals surface area contributed by atoms with Crippen molar-refractivity contribution in [2.45, 2.75) is 71.4 Å². The summed E-state index contributed by atoms with van der Waals surface area (Å²) in [5.41, 5.74) is 6.47. The van der Waals surface area contributed by atoms with E-state index in [0.29, 0.717) is 12.1 Å². The van der Waals surface area contributed by atoms with Crippen LogP contribution in [0.25, 0.3) is 0 Å². The smallest absolute Gasteiger partial charge is 0.0272 e. The van der Waals surface area contributed by atoms with Crippen LogP contribution in [0.2, 0.25) is 0 Å². The molecule has 1 aliphatic carbocycles. The average molecular weight is 252 g/mol. The molecule has 5 atom stereocenters. The summed E-state index contributed by atoms with van der Waals surface area (Å²) in [6.45, 7) is 9.70. The third kappa shape index (κ3) is 3.27. The lowest BCUT2D eigenvalue weighted by Crippen LogP contribution is -2.55. The van der Waals surface area contributed by atoms with Crippen molar-refractivity contribution in [2.75, 3.05) is 13.1 Å². The van der Waals surface area contributed by atoms with Gasteiger partial charge in [-0.15, -0.1) is 0 Å². The van der Waals surface area contributed by atoms with Crippen molar-refractivity contribution in [3.8, 4) is 0 Å². The quantitative estimate of drug-likeness (QED) is 0.817. The minimum absolute atomic E-state index is 0.405. The minimum Gasteiger partial charge on any atom is -0.326 e. The molecular formula is C16H32N2. The molecule has 2 N–H and O–H groups in total. The summed E-state index contributed by atoms with van der Waals surface area (Å²) in [5.74, 6) is 2.56. The highest BCUT2D eigenvalue weighted by atomic mass is 15.2. The molecule has 0 bridgehead atoms. The fourth-order valence-corrected chi connectivity index (χ4v) is 4.42. The summed E-state index contributed by atoms with van der Waals surface area (Å²) in [5, 5.41) is 0. The van der Waals surface area contributed by atoms with Gasteiger partial charge in [0, 0.05) is 12.1 Å². The highest BCUT2D eigenvalue weighted by Gasteiger charge is 2.36. The van der Waals surface area contributed by atoms with E-state index in [1.165, 1.54) is 51.6 Å². The molecule has 18 heavy (non-hydrogen) atoms. The largest absolute Gasteiger partial charge is 0.326 e. The predicted octanol–water partition coefficient (Wildman–Crippen LogP) is 3.26. The zero-order valence-corrected chi connectivity index (χ0v) is 12.6.